The fourth-order valence-corrected chi connectivity index (χ4v) is 1.06. The molecule has 3 N–H and O–H groups in total. The van der Waals surface area contributed by atoms with Gasteiger partial charge in [-0.15, -0.1) is 0 Å². The maximum Gasteiger partial charge on any atom is 0.169 e. The Morgan fingerprint density at radius 2 is 2.08 bits per heavy atom. The van der Waals surface area contributed by atoms with E-state index < -0.39 is 0 Å². The van der Waals surface area contributed by atoms with Gasteiger partial charge in [-0.25, -0.2) is 0 Å². The van der Waals surface area contributed by atoms with E-state index in [0.29, 0.717) is 11.3 Å². The summed E-state index contributed by atoms with van der Waals surface area (Å²) in [6, 6.07) is 4.50. The van der Waals surface area contributed by atoms with Crippen LogP contribution in [0.5, 0.6) is 5.75 Å². The zero-order valence-corrected chi connectivity index (χ0v) is 7.74. The highest BCUT2D eigenvalue weighted by Crippen LogP contribution is 2.22. The number of phenolic OH excluding ortho intramolecular Hbond substituents is 1. The second kappa shape index (κ2) is 3.47. The molecule has 0 aliphatic heterocycles. The number of hydrogen-bond acceptors (Lipinski definition) is 3. The SMILES string of the molecule is CC(C)C(=O)c1cc(N)ccc1O. The van der Waals surface area contributed by atoms with E-state index in [1.54, 1.807) is 19.9 Å². The highest BCUT2D eigenvalue weighted by atomic mass is 16.3. The van der Waals surface area contributed by atoms with Gasteiger partial charge in [0, 0.05) is 11.6 Å². The minimum absolute atomic E-state index is 0.00657. The van der Waals surface area contributed by atoms with Crippen molar-refractivity contribution in [3.8, 4) is 5.75 Å². The van der Waals surface area contributed by atoms with Crippen LogP contribution >= 0.6 is 0 Å². The summed E-state index contributed by atoms with van der Waals surface area (Å²) in [7, 11) is 0. The van der Waals surface area contributed by atoms with Gasteiger partial charge in [-0.2, -0.15) is 0 Å². The first-order valence-electron chi connectivity index (χ1n) is 4.15. The highest BCUT2D eigenvalue weighted by molar-refractivity contribution is 6.00. The standard InChI is InChI=1S/C10H13NO2/c1-6(2)10(13)8-5-7(11)3-4-9(8)12/h3-6,12H,11H2,1-2H3. The Morgan fingerprint density at radius 1 is 1.46 bits per heavy atom. The van der Waals surface area contributed by atoms with E-state index in [-0.39, 0.29) is 17.5 Å². The molecule has 0 radical (unpaired) electrons. The number of nitrogens with two attached hydrogens (primary N) is 1. The number of hydrogen-bond donors (Lipinski definition) is 2. The summed E-state index contributed by atoms with van der Waals surface area (Å²) >= 11 is 0. The number of rotatable bonds is 2. The average molecular weight is 179 g/mol. The molecule has 0 bridgehead atoms. The molecule has 0 aliphatic carbocycles. The molecule has 0 atom stereocenters. The summed E-state index contributed by atoms with van der Waals surface area (Å²) in [4.78, 5) is 11.5. The molecule has 0 aliphatic rings. The van der Waals surface area contributed by atoms with Crippen LogP contribution < -0.4 is 5.73 Å². The largest absolute Gasteiger partial charge is 0.507 e. The third-order valence-electron chi connectivity index (χ3n) is 1.81. The van der Waals surface area contributed by atoms with Gasteiger partial charge in [-0.1, -0.05) is 13.8 Å². The summed E-state index contributed by atoms with van der Waals surface area (Å²) < 4.78 is 0. The molecule has 0 aromatic heterocycles. The molecule has 1 aromatic carbocycles. The summed E-state index contributed by atoms with van der Waals surface area (Å²) in [5.41, 5.74) is 6.29. The molecular formula is C10H13NO2. The van der Waals surface area contributed by atoms with Gasteiger partial charge in [0.05, 0.1) is 5.56 Å². The first-order chi connectivity index (χ1) is 6.02. The van der Waals surface area contributed by atoms with Gasteiger partial charge in [0.15, 0.2) is 5.78 Å². The number of phenols is 1. The van der Waals surface area contributed by atoms with Crippen LogP contribution in [0.4, 0.5) is 5.69 Å². The molecule has 0 heterocycles. The maximum atomic E-state index is 11.5. The van der Waals surface area contributed by atoms with Crippen molar-refractivity contribution in [2.75, 3.05) is 5.73 Å². The van der Waals surface area contributed by atoms with E-state index in [1.165, 1.54) is 12.1 Å². The zero-order chi connectivity index (χ0) is 10.0. The van der Waals surface area contributed by atoms with Gasteiger partial charge in [0.2, 0.25) is 0 Å². The van der Waals surface area contributed by atoms with Crippen LogP contribution in [0.3, 0.4) is 0 Å². The lowest BCUT2D eigenvalue weighted by Crippen LogP contribution is -2.08. The van der Waals surface area contributed by atoms with Crippen molar-refractivity contribution >= 4 is 11.5 Å². The minimum Gasteiger partial charge on any atom is -0.507 e. The van der Waals surface area contributed by atoms with E-state index >= 15 is 0 Å². The number of carbonyl (C=O) groups excluding carboxylic acids is 1. The normalized spacial score (nSPS) is 10.4. The monoisotopic (exact) mass is 179 g/mol. The van der Waals surface area contributed by atoms with Crippen LogP contribution in [0.25, 0.3) is 0 Å². The molecule has 0 fully saturated rings. The fourth-order valence-electron chi connectivity index (χ4n) is 1.06. The predicted octanol–water partition coefficient (Wildman–Crippen LogP) is 1.81. The minimum atomic E-state index is -0.132. The van der Waals surface area contributed by atoms with Crippen molar-refractivity contribution in [3.63, 3.8) is 0 Å². The van der Waals surface area contributed by atoms with Crippen LogP contribution in [0.2, 0.25) is 0 Å². The van der Waals surface area contributed by atoms with Gasteiger partial charge >= 0.3 is 0 Å². The zero-order valence-electron chi connectivity index (χ0n) is 7.74. The lowest BCUT2D eigenvalue weighted by Gasteiger charge is -2.06. The molecule has 3 heteroatoms. The van der Waals surface area contributed by atoms with Crippen molar-refractivity contribution in [3.05, 3.63) is 23.8 Å². The molecule has 0 unspecified atom stereocenters. The summed E-state index contributed by atoms with van der Waals surface area (Å²) in [6.45, 7) is 3.57. The van der Waals surface area contributed by atoms with Gasteiger partial charge in [0.25, 0.3) is 0 Å². The third-order valence-corrected chi connectivity index (χ3v) is 1.81. The Hall–Kier alpha value is -1.51. The molecule has 0 saturated heterocycles. The summed E-state index contributed by atoms with van der Waals surface area (Å²) in [5, 5.41) is 9.38. The van der Waals surface area contributed by atoms with Crippen LogP contribution in [-0.2, 0) is 0 Å². The third kappa shape index (κ3) is 1.99. The molecule has 0 saturated carbocycles. The van der Waals surface area contributed by atoms with Crippen molar-refractivity contribution in [2.45, 2.75) is 13.8 Å². The van der Waals surface area contributed by atoms with E-state index in [2.05, 4.69) is 0 Å². The molecule has 3 nitrogen and oxygen atoms in total. The smallest absolute Gasteiger partial charge is 0.169 e. The van der Waals surface area contributed by atoms with Gasteiger partial charge in [-0.05, 0) is 18.2 Å². The van der Waals surface area contributed by atoms with E-state index in [1.807, 2.05) is 0 Å². The van der Waals surface area contributed by atoms with Crippen LogP contribution in [0.15, 0.2) is 18.2 Å². The van der Waals surface area contributed by atoms with Crippen LogP contribution in [0.1, 0.15) is 24.2 Å². The van der Waals surface area contributed by atoms with E-state index in [9.17, 15) is 9.90 Å². The lowest BCUT2D eigenvalue weighted by molar-refractivity contribution is 0.0937. The molecule has 0 amide bonds. The van der Waals surface area contributed by atoms with Crippen molar-refractivity contribution in [1.82, 2.24) is 0 Å². The van der Waals surface area contributed by atoms with E-state index in [0.717, 1.165) is 0 Å². The maximum absolute atomic E-state index is 11.5. The van der Waals surface area contributed by atoms with Crippen LogP contribution in [0, 0.1) is 5.92 Å². The Balaban J connectivity index is 3.13. The Bertz CT molecular complexity index is 332. The van der Waals surface area contributed by atoms with Crippen LogP contribution in [-0.4, -0.2) is 10.9 Å². The van der Waals surface area contributed by atoms with Crippen molar-refractivity contribution < 1.29 is 9.90 Å². The summed E-state index contributed by atoms with van der Waals surface area (Å²) in [6.07, 6.45) is 0. The van der Waals surface area contributed by atoms with Gasteiger partial charge in [0.1, 0.15) is 5.75 Å². The number of benzene rings is 1. The topological polar surface area (TPSA) is 63.3 Å². The molecule has 13 heavy (non-hydrogen) atoms. The lowest BCUT2D eigenvalue weighted by atomic mass is 10.00. The number of carbonyl (C=O) groups is 1. The van der Waals surface area contributed by atoms with Crippen molar-refractivity contribution in [2.24, 2.45) is 5.92 Å². The van der Waals surface area contributed by atoms with E-state index in [4.69, 9.17) is 5.73 Å². The predicted molar refractivity (Wildman–Crippen MR) is 51.7 cm³/mol. The van der Waals surface area contributed by atoms with Gasteiger partial charge in [-0.3, -0.25) is 4.79 Å². The number of anilines is 1. The molecule has 1 rings (SSSR count). The molecule has 0 spiro atoms. The number of aromatic hydroxyl groups is 1. The fraction of sp³-hybridized carbons (Fsp3) is 0.300. The first kappa shape index (κ1) is 9.58. The molecule has 1 aromatic rings. The van der Waals surface area contributed by atoms with Crippen molar-refractivity contribution in [1.29, 1.82) is 0 Å². The highest BCUT2D eigenvalue weighted by Gasteiger charge is 2.14. The Morgan fingerprint density at radius 3 is 2.62 bits per heavy atom. The average Bonchev–Trinajstić information content (AvgIpc) is 2.08. The molecule has 70 valence electrons. The number of nitrogen functional groups attached to an aromatic ring is 1. The number of Topliss-reactive ketones (excluding diaryl/α,β-unsaturated/α-hetero) is 1. The molecular weight excluding hydrogens is 166 g/mol. The Labute approximate surface area is 77.2 Å². The Kier molecular flexibility index (Phi) is 2.56. The number of ketones is 1. The van der Waals surface area contributed by atoms with Gasteiger partial charge < -0.3 is 10.8 Å². The summed E-state index contributed by atoms with van der Waals surface area (Å²) in [5.74, 6) is -0.231. The second-order valence-electron chi connectivity index (χ2n) is 3.30. The second-order valence-corrected chi connectivity index (χ2v) is 3.30. The first-order valence-corrected chi connectivity index (χ1v) is 4.15. The quantitative estimate of drug-likeness (QED) is 0.413.